The second kappa shape index (κ2) is 5.69. The first kappa shape index (κ1) is 13.8. The quantitative estimate of drug-likeness (QED) is 0.777. The Morgan fingerprint density at radius 3 is 2.71 bits per heavy atom. The first-order valence-electron chi connectivity index (χ1n) is 6.45. The van der Waals surface area contributed by atoms with Crippen molar-refractivity contribution in [3.8, 4) is 11.3 Å². The summed E-state index contributed by atoms with van der Waals surface area (Å²) in [6.07, 6.45) is 1.77. The van der Waals surface area contributed by atoms with Crippen LogP contribution in [0, 0.1) is 5.82 Å². The molecule has 0 aliphatic carbocycles. The number of rotatable bonds is 3. The molecule has 1 heterocycles. The molecule has 0 saturated carbocycles. The van der Waals surface area contributed by atoms with Crippen LogP contribution >= 0.6 is 15.9 Å². The summed E-state index contributed by atoms with van der Waals surface area (Å²) in [6, 6.07) is 14.3. The summed E-state index contributed by atoms with van der Waals surface area (Å²) in [7, 11) is 0. The molecule has 2 aromatic carbocycles. The number of halogens is 2. The number of nitrogens with zero attached hydrogens (tertiary/aromatic N) is 2. The molecule has 0 fully saturated rings. The van der Waals surface area contributed by atoms with E-state index in [0.29, 0.717) is 23.5 Å². The number of benzene rings is 2. The zero-order chi connectivity index (χ0) is 14.8. The molecule has 1 aromatic heterocycles. The fourth-order valence-electron chi connectivity index (χ4n) is 2.20. The Balaban J connectivity index is 1.91. The van der Waals surface area contributed by atoms with Gasteiger partial charge in [-0.2, -0.15) is 5.10 Å². The molecule has 3 rings (SSSR count). The Hall–Kier alpha value is -2.14. The van der Waals surface area contributed by atoms with Crippen LogP contribution in [0.1, 0.15) is 5.56 Å². The van der Waals surface area contributed by atoms with Crippen molar-refractivity contribution in [1.29, 1.82) is 0 Å². The lowest BCUT2D eigenvalue weighted by atomic mass is 10.1. The van der Waals surface area contributed by atoms with Crippen LogP contribution in [0.15, 0.2) is 59.2 Å². The first-order chi connectivity index (χ1) is 10.1. The average Bonchev–Trinajstić information content (AvgIpc) is 2.79. The summed E-state index contributed by atoms with van der Waals surface area (Å²) in [5, 5.41) is 4.46. The van der Waals surface area contributed by atoms with Crippen molar-refractivity contribution >= 4 is 21.6 Å². The minimum atomic E-state index is -0.298. The van der Waals surface area contributed by atoms with Crippen molar-refractivity contribution in [3.05, 3.63) is 70.6 Å². The minimum absolute atomic E-state index is 0.298. The Morgan fingerprint density at radius 1 is 1.14 bits per heavy atom. The summed E-state index contributed by atoms with van der Waals surface area (Å²) in [5.41, 5.74) is 8.92. The average molecular weight is 346 g/mol. The summed E-state index contributed by atoms with van der Waals surface area (Å²) >= 11 is 3.44. The van der Waals surface area contributed by atoms with Crippen molar-refractivity contribution in [1.82, 2.24) is 9.78 Å². The summed E-state index contributed by atoms with van der Waals surface area (Å²) in [4.78, 5) is 0. The lowest BCUT2D eigenvalue weighted by molar-refractivity contribution is 0.628. The number of nitrogen functional groups attached to an aromatic ring is 1. The second-order valence-corrected chi connectivity index (χ2v) is 5.69. The topological polar surface area (TPSA) is 43.8 Å². The maximum atomic E-state index is 13.3. The maximum absolute atomic E-state index is 13.3. The number of nitrogens with two attached hydrogens (primary N) is 1. The van der Waals surface area contributed by atoms with Gasteiger partial charge >= 0.3 is 0 Å². The van der Waals surface area contributed by atoms with Gasteiger partial charge in [0.2, 0.25) is 0 Å². The molecule has 0 bridgehead atoms. The maximum Gasteiger partial charge on any atom is 0.123 e. The van der Waals surface area contributed by atoms with E-state index in [9.17, 15) is 4.39 Å². The molecule has 106 valence electrons. The Morgan fingerprint density at radius 2 is 1.95 bits per heavy atom. The van der Waals surface area contributed by atoms with Crippen LogP contribution in [-0.4, -0.2) is 9.78 Å². The molecule has 0 aliphatic rings. The Kier molecular flexibility index (Phi) is 3.75. The van der Waals surface area contributed by atoms with Gasteiger partial charge in [-0.25, -0.2) is 4.39 Å². The highest BCUT2D eigenvalue weighted by atomic mass is 79.9. The van der Waals surface area contributed by atoms with Gasteiger partial charge in [0.15, 0.2) is 0 Å². The highest BCUT2D eigenvalue weighted by Gasteiger charge is 2.09. The molecule has 0 spiro atoms. The van der Waals surface area contributed by atoms with E-state index in [4.69, 9.17) is 5.73 Å². The van der Waals surface area contributed by atoms with Crippen molar-refractivity contribution in [2.24, 2.45) is 0 Å². The third-order valence-corrected chi connectivity index (χ3v) is 3.61. The monoisotopic (exact) mass is 345 g/mol. The highest BCUT2D eigenvalue weighted by Crippen LogP contribution is 2.25. The van der Waals surface area contributed by atoms with Gasteiger partial charge < -0.3 is 5.73 Å². The van der Waals surface area contributed by atoms with Crippen LogP contribution in [0.5, 0.6) is 0 Å². The third-order valence-electron chi connectivity index (χ3n) is 3.12. The molecule has 0 aliphatic heterocycles. The van der Waals surface area contributed by atoms with Gasteiger partial charge in [0.1, 0.15) is 11.5 Å². The lowest BCUT2D eigenvalue weighted by Gasteiger charge is -2.02. The van der Waals surface area contributed by atoms with E-state index < -0.39 is 0 Å². The molecule has 0 amide bonds. The van der Waals surface area contributed by atoms with E-state index in [0.717, 1.165) is 10.0 Å². The van der Waals surface area contributed by atoms with Crippen LogP contribution in [0.2, 0.25) is 0 Å². The zero-order valence-corrected chi connectivity index (χ0v) is 12.7. The number of aromatic nitrogens is 2. The molecule has 2 N–H and O–H groups in total. The molecule has 0 radical (unpaired) electrons. The smallest absolute Gasteiger partial charge is 0.123 e. The van der Waals surface area contributed by atoms with Crippen LogP contribution in [0.3, 0.4) is 0 Å². The minimum Gasteiger partial charge on any atom is -0.396 e. The molecule has 21 heavy (non-hydrogen) atoms. The normalized spacial score (nSPS) is 10.8. The van der Waals surface area contributed by atoms with Gasteiger partial charge in [0, 0.05) is 16.2 Å². The number of anilines is 1. The van der Waals surface area contributed by atoms with Crippen LogP contribution in [-0.2, 0) is 6.54 Å². The third kappa shape index (κ3) is 3.13. The fraction of sp³-hybridized carbons (Fsp3) is 0.0625. The van der Waals surface area contributed by atoms with E-state index in [1.807, 2.05) is 24.3 Å². The van der Waals surface area contributed by atoms with Gasteiger partial charge in [-0.1, -0.05) is 40.2 Å². The standard InChI is InChI=1S/C16H13BrFN3/c17-13-5-1-3-11(7-13)9-21-10-15(19)16(20-21)12-4-2-6-14(18)8-12/h1-8,10H,9,19H2. The van der Waals surface area contributed by atoms with E-state index >= 15 is 0 Å². The van der Waals surface area contributed by atoms with Crippen LogP contribution in [0.25, 0.3) is 11.3 Å². The second-order valence-electron chi connectivity index (χ2n) is 4.77. The fourth-order valence-corrected chi connectivity index (χ4v) is 2.65. The van der Waals surface area contributed by atoms with Crippen molar-refractivity contribution in [2.75, 3.05) is 5.73 Å². The van der Waals surface area contributed by atoms with Gasteiger partial charge in [-0.15, -0.1) is 0 Å². The molecular formula is C16H13BrFN3. The van der Waals surface area contributed by atoms with E-state index in [1.165, 1.54) is 12.1 Å². The zero-order valence-electron chi connectivity index (χ0n) is 11.1. The van der Waals surface area contributed by atoms with E-state index in [2.05, 4.69) is 21.0 Å². The predicted octanol–water partition coefficient (Wildman–Crippen LogP) is 4.08. The van der Waals surface area contributed by atoms with Crippen LogP contribution < -0.4 is 5.73 Å². The molecule has 0 atom stereocenters. The molecular weight excluding hydrogens is 333 g/mol. The summed E-state index contributed by atoms with van der Waals surface area (Å²) in [5.74, 6) is -0.298. The molecule has 0 unspecified atom stereocenters. The van der Waals surface area contributed by atoms with Gasteiger partial charge in [-0.05, 0) is 29.8 Å². The number of hydrogen-bond donors (Lipinski definition) is 1. The van der Waals surface area contributed by atoms with Crippen LogP contribution in [0.4, 0.5) is 10.1 Å². The molecule has 0 saturated heterocycles. The lowest BCUT2D eigenvalue weighted by Crippen LogP contribution is -2.00. The summed E-state index contributed by atoms with van der Waals surface area (Å²) in [6.45, 7) is 0.610. The Bertz CT molecular complexity index is 783. The van der Waals surface area contributed by atoms with Gasteiger partial charge in [0.25, 0.3) is 0 Å². The van der Waals surface area contributed by atoms with Gasteiger partial charge in [0.05, 0.1) is 12.2 Å². The SMILES string of the molecule is Nc1cn(Cc2cccc(Br)c2)nc1-c1cccc(F)c1. The largest absolute Gasteiger partial charge is 0.396 e. The first-order valence-corrected chi connectivity index (χ1v) is 7.24. The Labute approximate surface area is 130 Å². The van der Waals surface area contributed by atoms with Crippen molar-refractivity contribution in [2.45, 2.75) is 6.54 Å². The van der Waals surface area contributed by atoms with Crippen molar-refractivity contribution in [3.63, 3.8) is 0 Å². The van der Waals surface area contributed by atoms with E-state index in [1.54, 1.807) is 23.0 Å². The predicted molar refractivity (Wildman–Crippen MR) is 85.3 cm³/mol. The van der Waals surface area contributed by atoms with Crippen molar-refractivity contribution < 1.29 is 4.39 Å². The van der Waals surface area contributed by atoms with E-state index in [-0.39, 0.29) is 5.82 Å². The highest BCUT2D eigenvalue weighted by molar-refractivity contribution is 9.10. The van der Waals surface area contributed by atoms with Gasteiger partial charge in [-0.3, -0.25) is 4.68 Å². The molecule has 3 aromatic rings. The molecule has 5 heteroatoms. The number of hydrogen-bond acceptors (Lipinski definition) is 2. The molecule has 3 nitrogen and oxygen atoms in total. The summed E-state index contributed by atoms with van der Waals surface area (Å²) < 4.78 is 16.1.